The summed E-state index contributed by atoms with van der Waals surface area (Å²) in [4.78, 5) is 29.8. The Labute approximate surface area is 128 Å². The minimum absolute atomic E-state index is 0.110. The molecular weight excluding hydrogens is 333 g/mol. The number of rotatable bonds is 4. The number of ether oxygens (including phenoxy) is 1. The van der Waals surface area contributed by atoms with Gasteiger partial charge in [-0.2, -0.15) is 0 Å². The number of hydrogen-bond acceptors (Lipinski definition) is 9. The number of phosphoric acid groups is 1. The van der Waals surface area contributed by atoms with Crippen molar-refractivity contribution in [2.75, 3.05) is 12.3 Å². The number of anilines is 1. The van der Waals surface area contributed by atoms with Crippen molar-refractivity contribution in [3.63, 3.8) is 0 Å². The molecule has 0 saturated carbocycles. The van der Waals surface area contributed by atoms with Gasteiger partial charge in [0.15, 0.2) is 17.7 Å². The van der Waals surface area contributed by atoms with Crippen LogP contribution in [0.3, 0.4) is 0 Å². The molecule has 2 aromatic heterocycles. The lowest BCUT2D eigenvalue weighted by atomic mass is 10.1. The number of imidazole rings is 1. The molecule has 6 N–H and O–H groups in total. The molecule has 3 rings (SSSR count). The van der Waals surface area contributed by atoms with Crippen molar-refractivity contribution in [3.8, 4) is 0 Å². The van der Waals surface area contributed by atoms with E-state index in [-0.39, 0.29) is 17.0 Å². The standard InChI is InChI=1S/C10H14N5O7P/c11-8-5-9(13-2-12-8)15(3-14-5)10-7(22-23(18,19)20)6(17)4(1-16)21-10/h2-4,6-7,10,16-17H,1H2,(H2,11,12,13)(H2,18,19,20)/t4-,6+,7+,10-/m0/s1. The lowest BCUT2D eigenvalue weighted by Crippen LogP contribution is -2.34. The van der Waals surface area contributed by atoms with Crippen LogP contribution in [-0.4, -0.2) is 64.4 Å². The maximum atomic E-state index is 11.1. The van der Waals surface area contributed by atoms with E-state index in [1.807, 2.05) is 0 Å². The third kappa shape index (κ3) is 2.93. The molecule has 13 heteroatoms. The van der Waals surface area contributed by atoms with Crippen molar-refractivity contribution in [1.29, 1.82) is 0 Å². The van der Waals surface area contributed by atoms with Crippen LogP contribution in [0, 0.1) is 0 Å². The number of nitrogens with two attached hydrogens (primary N) is 1. The SMILES string of the molecule is Nc1ncnc2c1ncn2[C@H]1O[C@@H](CO)[C@@H](O)[C@H]1OP(=O)(O)O. The molecule has 1 saturated heterocycles. The third-order valence-electron chi connectivity index (χ3n) is 3.41. The van der Waals surface area contributed by atoms with Gasteiger partial charge in [0.05, 0.1) is 12.9 Å². The van der Waals surface area contributed by atoms with Crippen LogP contribution in [0.1, 0.15) is 6.23 Å². The normalized spacial score (nSPS) is 28.5. The number of nitrogen functional groups attached to an aromatic ring is 1. The summed E-state index contributed by atoms with van der Waals surface area (Å²) < 4.78 is 22.5. The smallest absolute Gasteiger partial charge is 0.394 e. The Hall–Kier alpha value is -1.66. The number of aromatic nitrogens is 4. The van der Waals surface area contributed by atoms with E-state index in [9.17, 15) is 14.8 Å². The maximum Gasteiger partial charge on any atom is 0.470 e. The average molecular weight is 347 g/mol. The molecule has 0 aromatic carbocycles. The molecule has 0 unspecified atom stereocenters. The van der Waals surface area contributed by atoms with Gasteiger partial charge in [-0.25, -0.2) is 19.5 Å². The first-order valence-electron chi connectivity index (χ1n) is 6.43. The van der Waals surface area contributed by atoms with Crippen LogP contribution in [0.5, 0.6) is 0 Å². The Bertz CT molecular complexity index is 763. The minimum Gasteiger partial charge on any atom is -0.394 e. The number of aliphatic hydroxyl groups excluding tert-OH is 2. The Kier molecular flexibility index (Phi) is 4.06. The van der Waals surface area contributed by atoms with E-state index in [4.69, 9.17) is 20.3 Å². The van der Waals surface area contributed by atoms with Gasteiger partial charge in [-0.15, -0.1) is 0 Å². The fraction of sp³-hybridized carbons (Fsp3) is 0.500. The van der Waals surface area contributed by atoms with Crippen molar-refractivity contribution in [3.05, 3.63) is 12.7 Å². The van der Waals surface area contributed by atoms with E-state index < -0.39 is 39.0 Å². The highest BCUT2D eigenvalue weighted by molar-refractivity contribution is 7.46. The van der Waals surface area contributed by atoms with Gasteiger partial charge < -0.3 is 30.5 Å². The number of nitrogens with zero attached hydrogens (tertiary/aromatic N) is 4. The number of phosphoric ester groups is 1. The fourth-order valence-electron chi connectivity index (χ4n) is 2.42. The monoisotopic (exact) mass is 347 g/mol. The van der Waals surface area contributed by atoms with Crippen molar-refractivity contribution >= 4 is 24.8 Å². The van der Waals surface area contributed by atoms with Crippen LogP contribution in [0.2, 0.25) is 0 Å². The van der Waals surface area contributed by atoms with Crippen LogP contribution in [0.4, 0.5) is 5.82 Å². The predicted molar refractivity (Wildman–Crippen MR) is 73.7 cm³/mol. The number of hydrogen-bond donors (Lipinski definition) is 5. The van der Waals surface area contributed by atoms with E-state index >= 15 is 0 Å². The zero-order valence-corrected chi connectivity index (χ0v) is 12.4. The highest BCUT2D eigenvalue weighted by atomic mass is 31.2. The second-order valence-corrected chi connectivity index (χ2v) is 6.07. The second kappa shape index (κ2) is 5.76. The van der Waals surface area contributed by atoms with Crippen LogP contribution in [0.15, 0.2) is 12.7 Å². The van der Waals surface area contributed by atoms with Gasteiger partial charge in [0.2, 0.25) is 0 Å². The molecule has 0 aliphatic carbocycles. The molecule has 0 radical (unpaired) electrons. The molecule has 1 aliphatic heterocycles. The second-order valence-electron chi connectivity index (χ2n) is 4.88. The molecule has 0 amide bonds. The van der Waals surface area contributed by atoms with Crippen molar-refractivity contribution in [2.24, 2.45) is 0 Å². The molecule has 2 aromatic rings. The molecule has 3 heterocycles. The number of aliphatic hydroxyl groups is 2. The summed E-state index contributed by atoms with van der Waals surface area (Å²) in [5, 5.41) is 19.3. The Morgan fingerprint density at radius 2 is 2.13 bits per heavy atom. The summed E-state index contributed by atoms with van der Waals surface area (Å²) in [7, 11) is -4.91. The summed E-state index contributed by atoms with van der Waals surface area (Å²) in [6, 6.07) is 0. The molecular formula is C10H14N5O7P. The Balaban J connectivity index is 2.04. The topological polar surface area (TPSA) is 186 Å². The molecule has 1 aliphatic rings. The van der Waals surface area contributed by atoms with E-state index in [1.54, 1.807) is 0 Å². The first-order valence-corrected chi connectivity index (χ1v) is 7.96. The van der Waals surface area contributed by atoms with Crippen LogP contribution < -0.4 is 5.73 Å². The molecule has 23 heavy (non-hydrogen) atoms. The molecule has 0 bridgehead atoms. The van der Waals surface area contributed by atoms with E-state index in [0.717, 1.165) is 0 Å². The zero-order valence-electron chi connectivity index (χ0n) is 11.5. The van der Waals surface area contributed by atoms with Gasteiger partial charge in [0.1, 0.15) is 30.2 Å². The van der Waals surface area contributed by atoms with E-state index in [0.29, 0.717) is 0 Å². The summed E-state index contributed by atoms with van der Waals surface area (Å²) >= 11 is 0. The predicted octanol–water partition coefficient (Wildman–Crippen LogP) is -1.86. The third-order valence-corrected chi connectivity index (χ3v) is 3.93. The first kappa shape index (κ1) is 16.2. The number of fused-ring (bicyclic) bond motifs is 1. The van der Waals surface area contributed by atoms with E-state index in [1.165, 1.54) is 17.2 Å². The minimum atomic E-state index is -4.91. The molecule has 126 valence electrons. The van der Waals surface area contributed by atoms with Crippen molar-refractivity contribution in [1.82, 2.24) is 19.5 Å². The summed E-state index contributed by atoms with van der Waals surface area (Å²) in [5.74, 6) is 0.110. The average Bonchev–Trinajstić information content (AvgIpc) is 3.01. The van der Waals surface area contributed by atoms with Crippen molar-refractivity contribution in [2.45, 2.75) is 24.5 Å². The summed E-state index contributed by atoms with van der Waals surface area (Å²) in [6.45, 7) is -0.567. The molecule has 0 spiro atoms. The van der Waals surface area contributed by atoms with Crippen LogP contribution >= 0.6 is 7.82 Å². The van der Waals surface area contributed by atoms with E-state index in [2.05, 4.69) is 19.5 Å². The van der Waals surface area contributed by atoms with Gasteiger partial charge in [-0.3, -0.25) is 9.09 Å². The molecule has 1 fully saturated rings. The fourth-order valence-corrected chi connectivity index (χ4v) is 2.97. The zero-order chi connectivity index (χ0) is 16.8. The van der Waals surface area contributed by atoms with Gasteiger partial charge in [-0.05, 0) is 0 Å². The Morgan fingerprint density at radius 1 is 1.39 bits per heavy atom. The first-order chi connectivity index (χ1) is 10.8. The lowest BCUT2D eigenvalue weighted by Gasteiger charge is -2.21. The van der Waals surface area contributed by atoms with Gasteiger partial charge >= 0.3 is 7.82 Å². The van der Waals surface area contributed by atoms with Crippen molar-refractivity contribution < 1.29 is 33.8 Å². The van der Waals surface area contributed by atoms with Crippen LogP contribution in [-0.2, 0) is 13.8 Å². The van der Waals surface area contributed by atoms with Crippen LogP contribution in [0.25, 0.3) is 11.2 Å². The molecule has 4 atom stereocenters. The summed E-state index contributed by atoms with van der Waals surface area (Å²) in [5.41, 5.74) is 6.16. The molecule has 12 nitrogen and oxygen atoms in total. The van der Waals surface area contributed by atoms with Gasteiger partial charge in [-0.1, -0.05) is 0 Å². The summed E-state index contributed by atoms with van der Waals surface area (Å²) in [6.07, 6.45) is -2.72. The Morgan fingerprint density at radius 3 is 2.78 bits per heavy atom. The van der Waals surface area contributed by atoms with Gasteiger partial charge in [0.25, 0.3) is 0 Å². The van der Waals surface area contributed by atoms with Gasteiger partial charge in [0, 0.05) is 0 Å². The lowest BCUT2D eigenvalue weighted by molar-refractivity contribution is -0.0505. The highest BCUT2D eigenvalue weighted by Gasteiger charge is 2.48. The maximum absolute atomic E-state index is 11.1. The highest BCUT2D eigenvalue weighted by Crippen LogP contribution is 2.45. The quantitative estimate of drug-likeness (QED) is 0.390. The largest absolute Gasteiger partial charge is 0.470 e.